The maximum atomic E-state index is 8.96. The van der Waals surface area contributed by atoms with Gasteiger partial charge in [0.15, 0.2) is 11.5 Å². The van der Waals surface area contributed by atoms with Gasteiger partial charge in [-0.15, -0.1) is 0 Å². The molecule has 0 amide bonds. The molecule has 4 nitrogen and oxygen atoms in total. The van der Waals surface area contributed by atoms with Gasteiger partial charge in [0.1, 0.15) is 0 Å². The van der Waals surface area contributed by atoms with E-state index in [0.29, 0.717) is 24.5 Å². The molecule has 1 aromatic carbocycles. The Morgan fingerprint density at radius 1 is 1.33 bits per heavy atom. The summed E-state index contributed by atoms with van der Waals surface area (Å²) in [7, 11) is 1.61. The molecule has 98 valence electrons. The molecule has 1 N–H and O–H groups in total. The lowest BCUT2D eigenvalue weighted by Crippen LogP contribution is -2.29. The molecule has 18 heavy (non-hydrogen) atoms. The number of ether oxygens (including phenoxy) is 2. The predicted octanol–water partition coefficient (Wildman–Crippen LogP) is 2.36. The number of nitrogens with one attached hydrogen (secondary N) is 1. The third kappa shape index (κ3) is 4.64. The lowest BCUT2D eigenvalue weighted by Gasteiger charge is -2.13. The molecule has 0 saturated heterocycles. The Balaban J connectivity index is 2.38. The smallest absolute Gasteiger partial charge is 0.161 e. The van der Waals surface area contributed by atoms with Crippen LogP contribution in [0.25, 0.3) is 0 Å². The van der Waals surface area contributed by atoms with Crippen LogP contribution in [-0.4, -0.2) is 26.3 Å². The highest BCUT2D eigenvalue weighted by Crippen LogP contribution is 2.25. The van der Waals surface area contributed by atoms with Gasteiger partial charge in [-0.25, -0.2) is 0 Å². The van der Waals surface area contributed by atoms with E-state index in [4.69, 9.17) is 14.7 Å². The Morgan fingerprint density at radius 3 is 2.67 bits per heavy atom. The van der Waals surface area contributed by atoms with Gasteiger partial charge in [0, 0.05) is 6.42 Å². The lowest BCUT2D eigenvalue weighted by molar-refractivity contribution is 0.280. The number of hydrogen-bond acceptors (Lipinski definition) is 4. The van der Waals surface area contributed by atoms with Crippen LogP contribution in [0.4, 0.5) is 0 Å². The third-order valence-electron chi connectivity index (χ3n) is 2.53. The second-order valence-electron chi connectivity index (χ2n) is 3.92. The zero-order valence-corrected chi connectivity index (χ0v) is 11.0. The van der Waals surface area contributed by atoms with Gasteiger partial charge >= 0.3 is 0 Å². The first-order valence-corrected chi connectivity index (χ1v) is 6.20. The van der Waals surface area contributed by atoms with Crippen molar-refractivity contribution in [1.29, 1.82) is 5.26 Å². The Kier molecular flexibility index (Phi) is 6.67. The van der Waals surface area contributed by atoms with E-state index in [1.54, 1.807) is 7.11 Å². The molecule has 1 rings (SSSR count). The SMILES string of the molecule is CCCNC(C#N)CCOc1ccccc1OC. The fourth-order valence-electron chi connectivity index (χ4n) is 1.56. The number of rotatable bonds is 8. The second kappa shape index (κ2) is 8.37. The third-order valence-corrected chi connectivity index (χ3v) is 2.53. The van der Waals surface area contributed by atoms with Gasteiger partial charge in [-0.05, 0) is 25.1 Å². The molecule has 0 heterocycles. The Labute approximate surface area is 109 Å². The molecule has 1 atom stereocenters. The molecular weight excluding hydrogens is 228 g/mol. The molecule has 0 fully saturated rings. The maximum absolute atomic E-state index is 8.96. The molecule has 0 aromatic heterocycles. The summed E-state index contributed by atoms with van der Waals surface area (Å²) in [5.41, 5.74) is 0. The van der Waals surface area contributed by atoms with Crippen LogP contribution in [0.5, 0.6) is 11.5 Å². The molecule has 0 aliphatic carbocycles. The van der Waals surface area contributed by atoms with E-state index in [9.17, 15) is 0 Å². The van der Waals surface area contributed by atoms with E-state index < -0.39 is 0 Å². The first-order chi connectivity index (χ1) is 8.81. The first kappa shape index (κ1) is 14.3. The molecule has 0 aliphatic heterocycles. The molecule has 0 aliphatic rings. The van der Waals surface area contributed by atoms with Crippen LogP contribution in [-0.2, 0) is 0 Å². The first-order valence-electron chi connectivity index (χ1n) is 6.20. The van der Waals surface area contributed by atoms with E-state index in [0.717, 1.165) is 13.0 Å². The lowest BCUT2D eigenvalue weighted by atomic mass is 10.2. The fourth-order valence-corrected chi connectivity index (χ4v) is 1.56. The van der Waals surface area contributed by atoms with Crippen molar-refractivity contribution in [3.8, 4) is 17.6 Å². The average molecular weight is 248 g/mol. The number of nitrogens with zero attached hydrogens (tertiary/aromatic N) is 1. The van der Waals surface area contributed by atoms with Gasteiger partial charge in [0.25, 0.3) is 0 Å². The number of hydrogen-bond donors (Lipinski definition) is 1. The van der Waals surface area contributed by atoms with E-state index in [-0.39, 0.29) is 6.04 Å². The van der Waals surface area contributed by atoms with Gasteiger partial charge in [-0.3, -0.25) is 0 Å². The summed E-state index contributed by atoms with van der Waals surface area (Å²) in [6, 6.07) is 9.58. The molecule has 0 bridgehead atoms. The normalized spacial score (nSPS) is 11.6. The summed E-state index contributed by atoms with van der Waals surface area (Å²) in [6.07, 6.45) is 1.68. The quantitative estimate of drug-likeness (QED) is 0.767. The number of nitriles is 1. The van der Waals surface area contributed by atoms with Crippen LogP contribution in [0.3, 0.4) is 0 Å². The van der Waals surface area contributed by atoms with Gasteiger partial charge in [-0.2, -0.15) is 5.26 Å². The molecule has 1 aromatic rings. The molecule has 4 heteroatoms. The highest BCUT2D eigenvalue weighted by atomic mass is 16.5. The minimum atomic E-state index is -0.153. The van der Waals surface area contributed by atoms with Gasteiger partial charge < -0.3 is 14.8 Å². The van der Waals surface area contributed by atoms with Crippen LogP contribution in [0.1, 0.15) is 19.8 Å². The summed E-state index contributed by atoms with van der Waals surface area (Å²) in [4.78, 5) is 0. The Hall–Kier alpha value is -1.73. The Morgan fingerprint density at radius 2 is 2.06 bits per heavy atom. The van der Waals surface area contributed by atoms with Gasteiger partial charge in [0.05, 0.1) is 25.8 Å². The van der Waals surface area contributed by atoms with Crippen molar-refractivity contribution in [2.75, 3.05) is 20.3 Å². The van der Waals surface area contributed by atoms with Gasteiger partial charge in [-0.1, -0.05) is 19.1 Å². The number of methoxy groups -OCH3 is 1. The van der Waals surface area contributed by atoms with Crippen LogP contribution in [0, 0.1) is 11.3 Å². The van der Waals surface area contributed by atoms with Crippen molar-refractivity contribution in [2.45, 2.75) is 25.8 Å². The largest absolute Gasteiger partial charge is 0.493 e. The number of benzene rings is 1. The monoisotopic (exact) mass is 248 g/mol. The maximum Gasteiger partial charge on any atom is 0.161 e. The fraction of sp³-hybridized carbons (Fsp3) is 0.500. The topological polar surface area (TPSA) is 54.3 Å². The predicted molar refractivity (Wildman–Crippen MR) is 70.8 cm³/mol. The van der Waals surface area contributed by atoms with Crippen molar-refractivity contribution in [2.24, 2.45) is 0 Å². The minimum absolute atomic E-state index is 0.153. The zero-order chi connectivity index (χ0) is 13.2. The summed E-state index contributed by atoms with van der Waals surface area (Å²) in [5.74, 6) is 1.43. The number of para-hydroxylation sites is 2. The van der Waals surface area contributed by atoms with E-state index in [2.05, 4.69) is 18.3 Å². The van der Waals surface area contributed by atoms with Crippen molar-refractivity contribution >= 4 is 0 Å². The second-order valence-corrected chi connectivity index (χ2v) is 3.92. The molecular formula is C14H20N2O2. The summed E-state index contributed by atoms with van der Waals surface area (Å²) in [6.45, 7) is 3.43. The molecule has 0 radical (unpaired) electrons. The van der Waals surface area contributed by atoms with E-state index in [1.807, 2.05) is 24.3 Å². The highest BCUT2D eigenvalue weighted by molar-refractivity contribution is 5.39. The molecule has 0 spiro atoms. The Bertz CT molecular complexity index is 388. The highest BCUT2D eigenvalue weighted by Gasteiger charge is 2.07. The average Bonchev–Trinajstić information content (AvgIpc) is 2.43. The van der Waals surface area contributed by atoms with E-state index >= 15 is 0 Å². The van der Waals surface area contributed by atoms with Crippen molar-refractivity contribution in [1.82, 2.24) is 5.32 Å². The van der Waals surface area contributed by atoms with Crippen LogP contribution in [0.15, 0.2) is 24.3 Å². The van der Waals surface area contributed by atoms with Crippen LogP contribution >= 0.6 is 0 Å². The van der Waals surface area contributed by atoms with Crippen LogP contribution in [0.2, 0.25) is 0 Å². The van der Waals surface area contributed by atoms with Crippen molar-refractivity contribution < 1.29 is 9.47 Å². The minimum Gasteiger partial charge on any atom is -0.493 e. The van der Waals surface area contributed by atoms with Crippen molar-refractivity contribution in [3.63, 3.8) is 0 Å². The molecule has 0 saturated carbocycles. The summed E-state index contributed by atoms with van der Waals surface area (Å²) < 4.78 is 10.8. The van der Waals surface area contributed by atoms with E-state index in [1.165, 1.54) is 0 Å². The van der Waals surface area contributed by atoms with Crippen LogP contribution < -0.4 is 14.8 Å². The molecule has 1 unspecified atom stereocenters. The summed E-state index contributed by atoms with van der Waals surface area (Å²) in [5, 5.41) is 12.1. The van der Waals surface area contributed by atoms with Crippen molar-refractivity contribution in [3.05, 3.63) is 24.3 Å². The zero-order valence-electron chi connectivity index (χ0n) is 11.0. The van der Waals surface area contributed by atoms with Gasteiger partial charge in [0.2, 0.25) is 0 Å². The standard InChI is InChI=1S/C14H20N2O2/c1-3-9-16-12(11-15)8-10-18-14-7-5-4-6-13(14)17-2/h4-7,12,16H,3,8-10H2,1-2H3. The summed E-state index contributed by atoms with van der Waals surface area (Å²) >= 11 is 0.